The Morgan fingerprint density at radius 1 is 0.976 bits per heavy atom. The minimum atomic E-state index is -1.34. The summed E-state index contributed by atoms with van der Waals surface area (Å²) in [4.78, 5) is 46.1. The van der Waals surface area contributed by atoms with Crippen LogP contribution in [0.4, 0.5) is 5.69 Å². The van der Waals surface area contributed by atoms with Gasteiger partial charge < -0.3 is 15.0 Å². The normalized spacial score (nSPS) is 23.5. The summed E-state index contributed by atoms with van der Waals surface area (Å²) in [5.74, 6) is -1.10. The maximum atomic E-state index is 14.8. The number of carbonyl (C=O) groups is 3. The van der Waals surface area contributed by atoms with Gasteiger partial charge in [0.25, 0.3) is 0 Å². The highest BCUT2D eigenvalue weighted by atomic mass is 32.1. The van der Waals surface area contributed by atoms with Crippen LogP contribution in [-0.2, 0) is 10.2 Å². The second-order valence-corrected chi connectivity index (χ2v) is 11.4. The molecule has 41 heavy (non-hydrogen) atoms. The highest BCUT2D eigenvalue weighted by Gasteiger charge is 2.70. The molecule has 202 valence electrons. The van der Waals surface area contributed by atoms with E-state index in [1.165, 1.54) is 11.3 Å². The fourth-order valence-electron chi connectivity index (χ4n) is 6.78. The predicted molar refractivity (Wildman–Crippen MR) is 159 cm³/mol. The number of rotatable bonds is 7. The monoisotopic (exact) mass is 558 g/mol. The molecule has 7 rings (SSSR count). The molecule has 6 nitrogen and oxygen atoms in total. The number of Topliss-reactive ketones (excluding diaryl/α,β-unsaturated/α-hetero) is 2. The van der Waals surface area contributed by atoms with Gasteiger partial charge in [-0.25, -0.2) is 0 Å². The smallest absolute Gasteiger partial charge is 0.238 e. The van der Waals surface area contributed by atoms with Crippen molar-refractivity contribution < 1.29 is 19.1 Å². The van der Waals surface area contributed by atoms with Crippen LogP contribution in [0.2, 0.25) is 0 Å². The van der Waals surface area contributed by atoms with Gasteiger partial charge in [0, 0.05) is 17.5 Å². The molecule has 4 heterocycles. The van der Waals surface area contributed by atoms with Gasteiger partial charge in [-0.05, 0) is 64.5 Å². The summed E-state index contributed by atoms with van der Waals surface area (Å²) in [7, 11) is 0. The highest BCUT2D eigenvalue weighted by molar-refractivity contribution is 7.12. The number of carbonyl (C=O) groups excluding carboxylic acids is 3. The Bertz CT molecular complexity index is 1730. The van der Waals surface area contributed by atoms with Crippen molar-refractivity contribution >= 4 is 40.6 Å². The first-order chi connectivity index (χ1) is 20.1. The third-order valence-corrected chi connectivity index (χ3v) is 9.28. The zero-order valence-electron chi connectivity index (χ0n) is 22.0. The summed E-state index contributed by atoms with van der Waals surface area (Å²) < 4.78 is 5.63. The van der Waals surface area contributed by atoms with E-state index in [-0.39, 0.29) is 17.5 Å². The molecular weight excluding hydrogens is 532 g/mol. The van der Waals surface area contributed by atoms with Gasteiger partial charge in [-0.1, -0.05) is 61.2 Å². The first kappa shape index (κ1) is 25.2. The number of anilines is 1. The Labute approximate surface area is 241 Å². The molecule has 0 saturated carbocycles. The SMILES string of the molecule is C=CCOc1ccc(C(=O)[C@H]2[C@H](C(=O)c3cccs3)N3C=Cc4ccccc4[C@@H]3[C@]23C(=O)Nc2ccccc23)cc1. The Balaban J connectivity index is 1.48. The molecule has 1 aromatic heterocycles. The zero-order chi connectivity index (χ0) is 28.1. The number of benzene rings is 3. The lowest BCUT2D eigenvalue weighted by atomic mass is 9.63. The molecule has 3 aromatic carbocycles. The van der Waals surface area contributed by atoms with E-state index in [0.717, 1.165) is 16.7 Å². The Morgan fingerprint density at radius 3 is 2.54 bits per heavy atom. The molecule has 1 fully saturated rings. The van der Waals surface area contributed by atoms with Crippen LogP contribution in [0.3, 0.4) is 0 Å². The number of nitrogens with one attached hydrogen (secondary N) is 1. The number of para-hydroxylation sites is 1. The maximum Gasteiger partial charge on any atom is 0.238 e. The van der Waals surface area contributed by atoms with E-state index in [2.05, 4.69) is 11.9 Å². The second-order valence-electron chi connectivity index (χ2n) is 10.4. The molecule has 1 saturated heterocycles. The fourth-order valence-corrected chi connectivity index (χ4v) is 7.48. The van der Waals surface area contributed by atoms with Gasteiger partial charge in [0.15, 0.2) is 11.6 Å². The second kappa shape index (κ2) is 9.71. The molecule has 0 radical (unpaired) electrons. The lowest BCUT2D eigenvalue weighted by Crippen LogP contribution is -2.49. The van der Waals surface area contributed by atoms with Crippen molar-refractivity contribution in [2.45, 2.75) is 17.5 Å². The van der Waals surface area contributed by atoms with E-state index < -0.39 is 23.4 Å². The topological polar surface area (TPSA) is 75.7 Å². The largest absolute Gasteiger partial charge is 0.490 e. The van der Waals surface area contributed by atoms with Crippen LogP contribution in [0, 0.1) is 5.92 Å². The number of hydrogen-bond donors (Lipinski definition) is 1. The molecule has 0 bridgehead atoms. The number of ether oxygens (including phenoxy) is 1. The van der Waals surface area contributed by atoms with Gasteiger partial charge in [0.1, 0.15) is 23.8 Å². The predicted octanol–water partition coefficient (Wildman–Crippen LogP) is 6.29. The van der Waals surface area contributed by atoms with Crippen LogP contribution in [0.25, 0.3) is 6.08 Å². The lowest BCUT2D eigenvalue weighted by molar-refractivity contribution is -0.122. The van der Waals surface area contributed by atoms with E-state index >= 15 is 0 Å². The number of hydrogen-bond acceptors (Lipinski definition) is 6. The van der Waals surface area contributed by atoms with Crippen LogP contribution < -0.4 is 10.1 Å². The highest BCUT2D eigenvalue weighted by Crippen LogP contribution is 2.62. The molecule has 4 atom stereocenters. The summed E-state index contributed by atoms with van der Waals surface area (Å²) in [5.41, 5.74) is 2.34. The van der Waals surface area contributed by atoms with Gasteiger partial charge >= 0.3 is 0 Å². The van der Waals surface area contributed by atoms with E-state index in [1.54, 1.807) is 36.4 Å². The number of thiophene rings is 1. The van der Waals surface area contributed by atoms with Crippen molar-refractivity contribution in [3.05, 3.63) is 136 Å². The number of amides is 1. The van der Waals surface area contributed by atoms with Gasteiger partial charge in [-0.15, -0.1) is 11.3 Å². The fraction of sp³-hybridized carbons (Fsp3) is 0.147. The Hall–Kier alpha value is -4.75. The van der Waals surface area contributed by atoms with Crippen LogP contribution in [0.5, 0.6) is 5.75 Å². The molecule has 1 N–H and O–H groups in total. The molecule has 7 heteroatoms. The van der Waals surface area contributed by atoms with Crippen molar-refractivity contribution in [3.8, 4) is 5.75 Å². The van der Waals surface area contributed by atoms with Gasteiger partial charge in [0.2, 0.25) is 5.91 Å². The van der Waals surface area contributed by atoms with Crippen LogP contribution in [-0.4, -0.2) is 35.0 Å². The minimum Gasteiger partial charge on any atom is -0.490 e. The molecule has 1 spiro atoms. The van der Waals surface area contributed by atoms with Gasteiger partial charge in [-0.3, -0.25) is 14.4 Å². The molecule has 3 aliphatic rings. The molecule has 1 amide bonds. The number of fused-ring (bicyclic) bond motifs is 6. The van der Waals surface area contributed by atoms with Gasteiger partial charge in [0.05, 0.1) is 16.8 Å². The third kappa shape index (κ3) is 3.66. The molecular formula is C34H26N2O4S. The molecule has 3 aliphatic heterocycles. The summed E-state index contributed by atoms with van der Waals surface area (Å²) in [5, 5.41) is 4.93. The number of nitrogens with zero attached hydrogens (tertiary/aromatic N) is 1. The number of ketones is 2. The summed E-state index contributed by atoms with van der Waals surface area (Å²) >= 11 is 1.34. The van der Waals surface area contributed by atoms with Crippen LogP contribution in [0.15, 0.2) is 109 Å². The average molecular weight is 559 g/mol. The van der Waals surface area contributed by atoms with Crippen molar-refractivity contribution in [1.29, 1.82) is 0 Å². The molecule has 0 unspecified atom stereocenters. The first-order valence-electron chi connectivity index (χ1n) is 13.5. The van der Waals surface area contributed by atoms with Gasteiger partial charge in [-0.2, -0.15) is 0 Å². The van der Waals surface area contributed by atoms with Crippen molar-refractivity contribution in [3.63, 3.8) is 0 Å². The quantitative estimate of drug-likeness (QED) is 0.213. The Kier molecular flexibility index (Phi) is 5.98. The van der Waals surface area contributed by atoms with E-state index in [9.17, 15) is 14.4 Å². The third-order valence-electron chi connectivity index (χ3n) is 8.39. The summed E-state index contributed by atoms with van der Waals surface area (Å²) in [6.07, 6.45) is 5.50. The van der Waals surface area contributed by atoms with Crippen molar-refractivity contribution in [2.75, 3.05) is 11.9 Å². The Morgan fingerprint density at radius 2 is 1.76 bits per heavy atom. The van der Waals surface area contributed by atoms with E-state index in [1.807, 2.05) is 77.2 Å². The van der Waals surface area contributed by atoms with Crippen LogP contribution in [0.1, 0.15) is 42.8 Å². The zero-order valence-corrected chi connectivity index (χ0v) is 22.8. The maximum absolute atomic E-state index is 14.8. The van der Waals surface area contributed by atoms with Crippen molar-refractivity contribution in [2.24, 2.45) is 5.92 Å². The van der Waals surface area contributed by atoms with Crippen LogP contribution >= 0.6 is 11.3 Å². The molecule has 4 aromatic rings. The first-order valence-corrected chi connectivity index (χ1v) is 14.3. The van der Waals surface area contributed by atoms with E-state index in [0.29, 0.717) is 28.5 Å². The minimum absolute atomic E-state index is 0.174. The summed E-state index contributed by atoms with van der Waals surface area (Å²) in [6.45, 7) is 4.02. The lowest BCUT2D eigenvalue weighted by Gasteiger charge is -2.38. The molecule has 0 aliphatic carbocycles. The summed E-state index contributed by atoms with van der Waals surface area (Å²) in [6, 6.07) is 24.5. The average Bonchev–Trinajstić information content (AvgIpc) is 3.72. The van der Waals surface area contributed by atoms with E-state index in [4.69, 9.17) is 4.74 Å². The van der Waals surface area contributed by atoms with Crippen molar-refractivity contribution in [1.82, 2.24) is 4.90 Å². The standard InChI is InChI=1S/C34H26N2O4S/c1-2-19-40-23-15-13-22(14-16-23)30(37)28-29(31(38)27-12-7-20-41-27)36-18-17-21-8-3-4-9-24(21)32(36)34(28)25-10-5-6-11-26(25)35-33(34)39/h2-18,20,28-29,32H,1,19H2,(H,35,39)/t28-,29-,32-,34-/m1/s1.